The summed E-state index contributed by atoms with van der Waals surface area (Å²) in [6.07, 6.45) is -0.249. The average molecular weight is 241 g/mol. The molecule has 0 bridgehead atoms. The zero-order chi connectivity index (χ0) is 13.2. The van der Waals surface area contributed by atoms with Crippen LogP contribution in [0.15, 0.2) is 4.99 Å². The second-order valence-corrected chi connectivity index (χ2v) is 5.09. The van der Waals surface area contributed by atoms with Gasteiger partial charge in [0.25, 0.3) is 0 Å². The predicted molar refractivity (Wildman–Crippen MR) is 63.7 cm³/mol. The van der Waals surface area contributed by atoms with E-state index in [1.165, 1.54) is 4.90 Å². The van der Waals surface area contributed by atoms with Gasteiger partial charge in [-0.1, -0.05) is 0 Å². The van der Waals surface area contributed by atoms with Gasteiger partial charge >= 0.3 is 6.09 Å². The molecule has 1 atom stereocenters. The van der Waals surface area contributed by atoms with Crippen LogP contribution in [-0.2, 0) is 9.53 Å². The summed E-state index contributed by atoms with van der Waals surface area (Å²) in [6.45, 7) is 7.13. The van der Waals surface area contributed by atoms with Gasteiger partial charge in [0.1, 0.15) is 5.60 Å². The Morgan fingerprint density at radius 1 is 1.53 bits per heavy atom. The third-order valence-electron chi connectivity index (χ3n) is 2.12. The topological polar surface area (TPSA) is 71.0 Å². The lowest BCUT2D eigenvalue weighted by Gasteiger charge is -2.27. The van der Waals surface area contributed by atoms with Gasteiger partial charge < -0.3 is 4.74 Å². The standard InChI is InChI=1S/C11H19N3O3/c1-7-6-8(15)14(5)9(12-7)13-10(16)17-11(2,3)4/h7H,6H2,1-5H3,(H,12,13,16)/t7-/m0/s1. The lowest BCUT2D eigenvalue weighted by Crippen LogP contribution is -2.50. The van der Waals surface area contributed by atoms with Gasteiger partial charge in [0.05, 0.1) is 6.04 Å². The van der Waals surface area contributed by atoms with E-state index in [0.29, 0.717) is 6.42 Å². The molecule has 0 radical (unpaired) electrons. The molecule has 0 fully saturated rings. The molecule has 1 heterocycles. The van der Waals surface area contributed by atoms with Gasteiger partial charge in [-0.15, -0.1) is 0 Å². The fourth-order valence-corrected chi connectivity index (χ4v) is 1.36. The van der Waals surface area contributed by atoms with E-state index in [0.717, 1.165) is 0 Å². The molecule has 0 spiro atoms. The van der Waals surface area contributed by atoms with Crippen molar-refractivity contribution in [3.63, 3.8) is 0 Å². The van der Waals surface area contributed by atoms with Crippen molar-refractivity contribution in [3.05, 3.63) is 0 Å². The Balaban J connectivity index is 2.67. The van der Waals surface area contributed by atoms with E-state index in [4.69, 9.17) is 4.74 Å². The number of ether oxygens (including phenoxy) is 1. The third-order valence-corrected chi connectivity index (χ3v) is 2.12. The van der Waals surface area contributed by atoms with Crippen molar-refractivity contribution in [2.75, 3.05) is 7.05 Å². The van der Waals surface area contributed by atoms with Gasteiger partial charge in [-0.2, -0.15) is 0 Å². The van der Waals surface area contributed by atoms with Crippen LogP contribution in [0.25, 0.3) is 0 Å². The molecule has 1 aliphatic heterocycles. The number of hydrogen-bond donors (Lipinski definition) is 1. The maximum Gasteiger partial charge on any atom is 0.414 e. The summed E-state index contributed by atoms with van der Waals surface area (Å²) in [7, 11) is 1.57. The molecule has 96 valence electrons. The van der Waals surface area contributed by atoms with Crippen LogP contribution in [0.5, 0.6) is 0 Å². The molecule has 17 heavy (non-hydrogen) atoms. The Hall–Kier alpha value is -1.59. The van der Waals surface area contributed by atoms with E-state index >= 15 is 0 Å². The third kappa shape index (κ3) is 4.05. The van der Waals surface area contributed by atoms with Gasteiger partial charge in [0.15, 0.2) is 0 Å². The van der Waals surface area contributed by atoms with Crippen molar-refractivity contribution in [3.8, 4) is 0 Å². The van der Waals surface area contributed by atoms with Gasteiger partial charge in [-0.05, 0) is 27.7 Å². The molecule has 0 aromatic carbocycles. The number of alkyl carbamates (subject to hydrolysis) is 1. The molecule has 0 saturated heterocycles. The Labute approximate surface area is 101 Å². The van der Waals surface area contributed by atoms with Gasteiger partial charge in [0.2, 0.25) is 11.9 Å². The highest BCUT2D eigenvalue weighted by atomic mass is 16.6. The molecule has 0 unspecified atom stereocenters. The zero-order valence-corrected chi connectivity index (χ0v) is 10.9. The largest absolute Gasteiger partial charge is 0.444 e. The minimum Gasteiger partial charge on any atom is -0.444 e. The van der Waals surface area contributed by atoms with Crippen LogP contribution in [-0.4, -0.2) is 41.6 Å². The maximum absolute atomic E-state index is 11.5. The fourth-order valence-electron chi connectivity index (χ4n) is 1.36. The molecule has 0 saturated carbocycles. The number of hydrogen-bond acceptors (Lipinski definition) is 4. The number of amides is 2. The van der Waals surface area contributed by atoms with E-state index in [2.05, 4.69) is 10.3 Å². The first-order valence-electron chi connectivity index (χ1n) is 5.53. The molecule has 1 aliphatic rings. The van der Waals surface area contributed by atoms with E-state index in [9.17, 15) is 9.59 Å². The predicted octanol–water partition coefficient (Wildman–Crippen LogP) is 1.12. The fraction of sp³-hybridized carbons (Fsp3) is 0.727. The summed E-state index contributed by atoms with van der Waals surface area (Å²) in [5.74, 6) is 0.168. The minimum atomic E-state index is -0.606. The number of aliphatic imine (C=N–C) groups is 1. The molecule has 0 aromatic rings. The summed E-state index contributed by atoms with van der Waals surface area (Å²) in [5, 5.41) is 2.48. The Morgan fingerprint density at radius 3 is 2.65 bits per heavy atom. The van der Waals surface area contributed by atoms with Crippen molar-refractivity contribution in [2.24, 2.45) is 4.99 Å². The normalized spacial score (nSPS) is 21.0. The molecule has 6 heteroatoms. The number of rotatable bonds is 0. The summed E-state index contributed by atoms with van der Waals surface area (Å²) >= 11 is 0. The number of carbonyl (C=O) groups is 2. The first kappa shape index (κ1) is 13.5. The van der Waals surface area contributed by atoms with Gasteiger partial charge in [-0.25, -0.2) is 9.79 Å². The Kier molecular flexibility index (Phi) is 3.75. The van der Waals surface area contributed by atoms with Crippen LogP contribution in [0, 0.1) is 0 Å². The van der Waals surface area contributed by atoms with E-state index < -0.39 is 11.7 Å². The summed E-state index contributed by atoms with van der Waals surface area (Å²) in [5.41, 5.74) is -0.576. The van der Waals surface area contributed by atoms with Crippen LogP contribution in [0.4, 0.5) is 4.79 Å². The molecule has 0 aliphatic carbocycles. The maximum atomic E-state index is 11.5. The lowest BCUT2D eigenvalue weighted by atomic mass is 10.2. The summed E-state index contributed by atoms with van der Waals surface area (Å²) in [4.78, 5) is 28.6. The SMILES string of the molecule is C[C@H]1CC(=O)N(C)C(NC(=O)OC(C)(C)C)=N1. The molecule has 6 nitrogen and oxygen atoms in total. The first-order chi connectivity index (χ1) is 7.69. The molecule has 1 rings (SSSR count). The second kappa shape index (κ2) is 4.73. The molecule has 1 N–H and O–H groups in total. The monoisotopic (exact) mass is 241 g/mol. The van der Waals surface area contributed by atoms with E-state index in [1.807, 2.05) is 6.92 Å². The van der Waals surface area contributed by atoms with Crippen molar-refractivity contribution < 1.29 is 14.3 Å². The highest BCUT2D eigenvalue weighted by Crippen LogP contribution is 2.10. The molecule has 0 aromatic heterocycles. The minimum absolute atomic E-state index is 0.0708. The summed E-state index contributed by atoms with van der Waals surface area (Å²) < 4.78 is 5.09. The van der Waals surface area contributed by atoms with Gasteiger partial charge in [0, 0.05) is 13.5 Å². The number of guanidine groups is 1. The van der Waals surface area contributed by atoms with E-state index in [1.54, 1.807) is 27.8 Å². The Bertz CT molecular complexity index is 357. The summed E-state index contributed by atoms with van der Waals surface area (Å²) in [6, 6.07) is -0.122. The highest BCUT2D eigenvalue weighted by Gasteiger charge is 2.26. The molecule has 2 amide bonds. The molecular formula is C11H19N3O3. The highest BCUT2D eigenvalue weighted by molar-refractivity contribution is 6.04. The quantitative estimate of drug-likeness (QED) is 0.690. The van der Waals surface area contributed by atoms with Crippen molar-refractivity contribution in [1.82, 2.24) is 10.2 Å². The lowest BCUT2D eigenvalue weighted by molar-refractivity contribution is -0.127. The van der Waals surface area contributed by atoms with Crippen molar-refractivity contribution in [1.29, 1.82) is 0 Å². The zero-order valence-electron chi connectivity index (χ0n) is 10.9. The smallest absolute Gasteiger partial charge is 0.414 e. The van der Waals surface area contributed by atoms with Crippen LogP contribution in [0.3, 0.4) is 0 Å². The number of carbonyl (C=O) groups excluding carboxylic acids is 2. The van der Waals surface area contributed by atoms with Crippen LogP contribution >= 0.6 is 0 Å². The second-order valence-electron chi connectivity index (χ2n) is 5.09. The van der Waals surface area contributed by atoms with E-state index in [-0.39, 0.29) is 17.9 Å². The molecular weight excluding hydrogens is 222 g/mol. The first-order valence-corrected chi connectivity index (χ1v) is 5.53. The van der Waals surface area contributed by atoms with Crippen LogP contribution < -0.4 is 5.32 Å². The number of nitrogens with zero attached hydrogens (tertiary/aromatic N) is 2. The number of nitrogens with one attached hydrogen (secondary N) is 1. The van der Waals surface area contributed by atoms with Crippen LogP contribution in [0.1, 0.15) is 34.1 Å². The average Bonchev–Trinajstić information content (AvgIpc) is 2.10. The Morgan fingerprint density at radius 2 is 2.12 bits per heavy atom. The van der Waals surface area contributed by atoms with Crippen LogP contribution in [0.2, 0.25) is 0 Å². The van der Waals surface area contributed by atoms with Crippen molar-refractivity contribution in [2.45, 2.75) is 45.8 Å². The van der Waals surface area contributed by atoms with Gasteiger partial charge in [-0.3, -0.25) is 15.0 Å². The van der Waals surface area contributed by atoms with Crippen molar-refractivity contribution >= 4 is 18.0 Å².